The summed E-state index contributed by atoms with van der Waals surface area (Å²) in [5.41, 5.74) is -2.87. The largest absolute Gasteiger partial charge is 0.463 e. The topological polar surface area (TPSA) is 179 Å². The number of benzene rings is 1. The normalized spacial score (nSPS) is 20.7. The molecule has 3 aromatic rings. The molecule has 4 rings (SSSR count). The molecule has 4 atom stereocenters. The molecule has 0 aliphatic carbocycles. The first-order chi connectivity index (χ1) is 23.2. The average molecular weight is 816 g/mol. The predicted octanol–water partition coefficient (Wildman–Crippen LogP) is 4.04. The van der Waals surface area contributed by atoms with Gasteiger partial charge in [0.15, 0.2) is 34.9 Å². The molecule has 0 radical (unpaired) electrons. The van der Waals surface area contributed by atoms with Crippen LogP contribution in [0.4, 0.5) is 5.82 Å². The van der Waals surface area contributed by atoms with E-state index in [-0.39, 0.29) is 30.6 Å². The summed E-state index contributed by atoms with van der Waals surface area (Å²) in [5, 5.41) is 2.82. The van der Waals surface area contributed by atoms with E-state index in [0.717, 1.165) is 3.57 Å². The third-order valence-electron chi connectivity index (χ3n) is 7.99. The van der Waals surface area contributed by atoms with Crippen molar-refractivity contribution >= 4 is 75.1 Å². The molecular weight excluding hydrogens is 777 g/mol. The van der Waals surface area contributed by atoms with Gasteiger partial charge in [-0.2, -0.15) is 9.97 Å². The van der Waals surface area contributed by atoms with Crippen LogP contribution in [0, 0.1) is 9.49 Å². The number of anilines is 1. The molecular formula is C32H39ClIN5O10. The van der Waals surface area contributed by atoms with Crippen LogP contribution in [0.3, 0.4) is 0 Å². The molecule has 49 heavy (non-hydrogen) atoms. The molecule has 0 unspecified atom stereocenters. The molecule has 0 spiro atoms. The third-order valence-corrected chi connectivity index (χ3v) is 8.88. The van der Waals surface area contributed by atoms with Crippen LogP contribution in [0.25, 0.3) is 11.2 Å². The average Bonchev–Trinajstić information content (AvgIpc) is 3.58. The van der Waals surface area contributed by atoms with Gasteiger partial charge in [0.1, 0.15) is 6.10 Å². The minimum atomic E-state index is -2.29. The molecule has 1 fully saturated rings. The molecule has 2 aromatic heterocycles. The Labute approximate surface area is 301 Å². The van der Waals surface area contributed by atoms with Crippen molar-refractivity contribution in [2.75, 3.05) is 32.2 Å². The number of aromatic nitrogens is 4. The molecule has 15 nitrogen and oxygen atoms in total. The van der Waals surface area contributed by atoms with Crippen LogP contribution in [-0.2, 0) is 54.0 Å². The predicted molar refractivity (Wildman–Crippen MR) is 183 cm³/mol. The maximum atomic E-state index is 13.7. The number of nitrogens with one attached hydrogen (secondary N) is 1. The van der Waals surface area contributed by atoms with Crippen molar-refractivity contribution in [2.24, 2.45) is 5.92 Å². The Hall–Kier alpha value is -3.61. The monoisotopic (exact) mass is 815 g/mol. The van der Waals surface area contributed by atoms with Gasteiger partial charge < -0.3 is 33.7 Å². The van der Waals surface area contributed by atoms with Crippen LogP contribution in [0.15, 0.2) is 30.6 Å². The number of hydrogen-bond donors (Lipinski definition) is 1. The molecule has 0 saturated carbocycles. The van der Waals surface area contributed by atoms with E-state index < -0.39 is 66.0 Å². The van der Waals surface area contributed by atoms with Crippen LogP contribution in [0.2, 0.25) is 5.28 Å². The standard InChI is InChI=1S/C32H39ClIN5O10/c1-8-44-28(42)31(29(43)45-9-2,14-20-10-12-21(34)13-11-20)46-15-22-32(17(3)4,49-19(6)41)24(47-18(5)40)27(48-22)39-16-36-23-25(35-7)37-30(33)38-26(23)39/h10-13,16-17,22,24,27H,8-9,14-15H2,1-7H3,(H,35,37,38)/t22-,24+,27-,32-/m1/s1. The number of imidazole rings is 1. The van der Waals surface area contributed by atoms with Gasteiger partial charge >= 0.3 is 23.9 Å². The van der Waals surface area contributed by atoms with E-state index in [1.807, 2.05) is 12.1 Å². The molecule has 266 valence electrons. The van der Waals surface area contributed by atoms with Gasteiger partial charge in [-0.3, -0.25) is 14.2 Å². The first kappa shape index (κ1) is 38.2. The van der Waals surface area contributed by atoms with Gasteiger partial charge in [-0.1, -0.05) is 26.0 Å². The fourth-order valence-electron chi connectivity index (χ4n) is 5.90. The first-order valence-corrected chi connectivity index (χ1v) is 17.0. The second kappa shape index (κ2) is 15.9. The number of ether oxygens (including phenoxy) is 6. The Bertz CT molecular complexity index is 1670. The van der Waals surface area contributed by atoms with Crippen molar-refractivity contribution in [3.63, 3.8) is 0 Å². The number of rotatable bonds is 14. The summed E-state index contributed by atoms with van der Waals surface area (Å²) in [6, 6.07) is 7.15. The number of fused-ring (bicyclic) bond motifs is 1. The van der Waals surface area contributed by atoms with Crippen LogP contribution in [-0.4, -0.2) is 93.7 Å². The van der Waals surface area contributed by atoms with Gasteiger partial charge in [0.2, 0.25) is 5.28 Å². The molecule has 0 bridgehead atoms. The lowest BCUT2D eigenvalue weighted by atomic mass is 9.80. The number of esters is 4. The van der Waals surface area contributed by atoms with Gasteiger partial charge in [-0.15, -0.1) is 0 Å². The SMILES string of the molecule is CCOC(=O)C(Cc1ccc(I)cc1)(OC[C@H]1O[C@@H](n2cnc3c(NC)nc(Cl)nc32)[C@H](OC(C)=O)[C@@]1(OC(C)=O)C(C)C)C(=O)OCC. The van der Waals surface area contributed by atoms with Crippen molar-refractivity contribution in [3.8, 4) is 0 Å². The Morgan fingerprint density at radius 2 is 1.69 bits per heavy atom. The number of nitrogens with zero attached hydrogens (tertiary/aromatic N) is 4. The summed E-state index contributed by atoms with van der Waals surface area (Å²) >= 11 is 8.38. The smallest absolute Gasteiger partial charge is 0.350 e. The van der Waals surface area contributed by atoms with Gasteiger partial charge in [0.25, 0.3) is 5.60 Å². The van der Waals surface area contributed by atoms with E-state index in [2.05, 4.69) is 42.9 Å². The summed E-state index contributed by atoms with van der Waals surface area (Å²) in [4.78, 5) is 65.9. The maximum absolute atomic E-state index is 13.7. The minimum absolute atomic E-state index is 0.0529. The highest BCUT2D eigenvalue weighted by Crippen LogP contribution is 2.48. The fourth-order valence-corrected chi connectivity index (χ4v) is 6.43. The molecule has 3 heterocycles. The van der Waals surface area contributed by atoms with Gasteiger partial charge in [-0.05, 0) is 71.7 Å². The lowest BCUT2D eigenvalue weighted by Gasteiger charge is -2.41. The van der Waals surface area contributed by atoms with E-state index >= 15 is 0 Å². The Morgan fingerprint density at radius 1 is 1.06 bits per heavy atom. The summed E-state index contributed by atoms with van der Waals surface area (Å²) in [6.45, 7) is 8.48. The number of carbonyl (C=O) groups excluding carboxylic acids is 4. The van der Waals surface area contributed by atoms with Crippen LogP contribution in [0.5, 0.6) is 0 Å². The zero-order valence-corrected chi connectivity index (χ0v) is 31.1. The fraction of sp³-hybridized carbons (Fsp3) is 0.531. The quantitative estimate of drug-likeness (QED) is 0.0811. The number of hydrogen-bond acceptors (Lipinski definition) is 14. The van der Waals surface area contributed by atoms with Gasteiger partial charge in [0.05, 0.1) is 26.1 Å². The molecule has 0 amide bonds. The van der Waals surface area contributed by atoms with E-state index in [0.29, 0.717) is 16.9 Å². The zero-order valence-electron chi connectivity index (χ0n) is 28.2. The van der Waals surface area contributed by atoms with Gasteiger partial charge in [-0.25, -0.2) is 14.6 Å². The van der Waals surface area contributed by atoms with E-state index in [1.165, 1.54) is 24.7 Å². The highest BCUT2D eigenvalue weighted by atomic mass is 127. The third kappa shape index (κ3) is 7.76. The maximum Gasteiger partial charge on any atom is 0.350 e. The van der Waals surface area contributed by atoms with E-state index in [9.17, 15) is 19.2 Å². The second-order valence-corrected chi connectivity index (χ2v) is 13.0. The Morgan fingerprint density at radius 3 is 2.22 bits per heavy atom. The van der Waals surface area contributed by atoms with Crippen molar-refractivity contribution in [1.82, 2.24) is 19.5 Å². The van der Waals surface area contributed by atoms with Crippen molar-refractivity contribution < 1.29 is 47.6 Å². The van der Waals surface area contributed by atoms with Crippen LogP contribution >= 0.6 is 34.2 Å². The first-order valence-electron chi connectivity index (χ1n) is 15.6. The molecule has 17 heteroatoms. The second-order valence-electron chi connectivity index (χ2n) is 11.4. The Kier molecular flexibility index (Phi) is 12.4. The summed E-state index contributed by atoms with van der Waals surface area (Å²) in [5.74, 6) is -3.62. The molecule has 1 N–H and O–H groups in total. The lowest BCUT2D eigenvalue weighted by molar-refractivity contribution is -0.210. The van der Waals surface area contributed by atoms with Crippen LogP contribution in [0.1, 0.15) is 53.3 Å². The number of halogens is 2. The molecule has 1 saturated heterocycles. The van der Waals surface area contributed by atoms with Crippen LogP contribution < -0.4 is 5.32 Å². The van der Waals surface area contributed by atoms with E-state index in [1.54, 1.807) is 46.9 Å². The van der Waals surface area contributed by atoms with Crippen molar-refractivity contribution in [3.05, 3.63) is 45.0 Å². The van der Waals surface area contributed by atoms with Crippen molar-refractivity contribution in [2.45, 2.75) is 77.6 Å². The molecule has 1 aliphatic heterocycles. The molecule has 1 aromatic carbocycles. The minimum Gasteiger partial charge on any atom is -0.463 e. The summed E-state index contributed by atoms with van der Waals surface area (Å²) in [6.07, 6.45) is -2.61. The summed E-state index contributed by atoms with van der Waals surface area (Å²) < 4.78 is 38.0. The zero-order chi connectivity index (χ0) is 36.1. The number of carbonyl (C=O) groups is 4. The Balaban J connectivity index is 1.89. The lowest BCUT2D eigenvalue weighted by Crippen LogP contribution is -2.60. The molecule has 1 aliphatic rings. The van der Waals surface area contributed by atoms with Gasteiger partial charge in [0, 0.05) is 30.9 Å². The van der Waals surface area contributed by atoms with E-state index in [4.69, 9.17) is 40.0 Å². The highest BCUT2D eigenvalue weighted by Gasteiger charge is 2.65. The van der Waals surface area contributed by atoms with Crippen molar-refractivity contribution in [1.29, 1.82) is 0 Å². The summed E-state index contributed by atoms with van der Waals surface area (Å²) in [7, 11) is 1.64. The highest BCUT2D eigenvalue weighted by molar-refractivity contribution is 14.1.